The fourth-order valence-electron chi connectivity index (χ4n) is 4.07. The Bertz CT molecular complexity index is 735. The first-order valence-corrected chi connectivity index (χ1v) is 10.5. The lowest BCUT2D eigenvalue weighted by Crippen LogP contribution is -2.49. The average Bonchev–Trinajstić information content (AvgIpc) is 2.62. The highest BCUT2D eigenvalue weighted by Crippen LogP contribution is 2.31. The van der Waals surface area contributed by atoms with Gasteiger partial charge in [-0.05, 0) is 29.5 Å². The summed E-state index contributed by atoms with van der Waals surface area (Å²) in [5.41, 5.74) is 2.10. The summed E-state index contributed by atoms with van der Waals surface area (Å²) < 4.78 is 0. The van der Waals surface area contributed by atoms with Gasteiger partial charge in [0.05, 0.1) is 13.0 Å². The minimum Gasteiger partial charge on any atom is -0.340 e. The molecular formula is C22H30ClN3O2. The van der Waals surface area contributed by atoms with Crippen molar-refractivity contribution >= 4 is 29.0 Å². The SMILES string of the molecule is CC1(C)CC(=O)CC(=NCCN2CCN(C(=O)Cc3ccc(Cl)cc3)CC2)C1. The molecule has 1 aliphatic carbocycles. The van der Waals surface area contributed by atoms with E-state index in [1.54, 1.807) is 0 Å². The number of halogens is 1. The maximum absolute atomic E-state index is 12.5. The van der Waals surface area contributed by atoms with E-state index in [0.29, 0.717) is 30.1 Å². The minimum absolute atomic E-state index is 0.0459. The number of piperazine rings is 1. The van der Waals surface area contributed by atoms with Crippen LogP contribution in [0.15, 0.2) is 29.3 Å². The van der Waals surface area contributed by atoms with Crippen LogP contribution in [0.25, 0.3) is 0 Å². The van der Waals surface area contributed by atoms with Crippen LogP contribution in [0.5, 0.6) is 0 Å². The molecule has 1 saturated heterocycles. The van der Waals surface area contributed by atoms with Gasteiger partial charge in [-0.3, -0.25) is 19.5 Å². The molecular weight excluding hydrogens is 374 g/mol. The predicted molar refractivity (Wildman–Crippen MR) is 113 cm³/mol. The number of Topliss-reactive ketones (excluding diaryl/α,β-unsaturated/α-hetero) is 1. The molecule has 1 aliphatic heterocycles. The van der Waals surface area contributed by atoms with Crippen LogP contribution in [0.2, 0.25) is 5.02 Å². The molecule has 1 heterocycles. The average molecular weight is 404 g/mol. The number of rotatable bonds is 5. The van der Waals surface area contributed by atoms with E-state index in [2.05, 4.69) is 18.7 Å². The quantitative estimate of drug-likeness (QED) is 0.758. The number of hydrogen-bond donors (Lipinski definition) is 0. The molecule has 0 bridgehead atoms. The monoisotopic (exact) mass is 403 g/mol. The topological polar surface area (TPSA) is 53.0 Å². The maximum atomic E-state index is 12.5. The van der Waals surface area contributed by atoms with Crippen molar-refractivity contribution in [2.75, 3.05) is 39.3 Å². The molecule has 0 radical (unpaired) electrons. The Balaban J connectivity index is 1.40. The normalized spacial score (nSPS) is 21.9. The van der Waals surface area contributed by atoms with Crippen molar-refractivity contribution in [1.82, 2.24) is 9.80 Å². The molecule has 152 valence electrons. The third-order valence-corrected chi connectivity index (χ3v) is 5.76. The zero-order valence-corrected chi connectivity index (χ0v) is 17.7. The van der Waals surface area contributed by atoms with Gasteiger partial charge in [0.15, 0.2) is 0 Å². The fourth-order valence-corrected chi connectivity index (χ4v) is 4.20. The summed E-state index contributed by atoms with van der Waals surface area (Å²) in [6, 6.07) is 7.47. The molecule has 5 nitrogen and oxygen atoms in total. The van der Waals surface area contributed by atoms with Crippen molar-refractivity contribution in [3.05, 3.63) is 34.9 Å². The van der Waals surface area contributed by atoms with Crippen LogP contribution in [-0.4, -0.2) is 66.5 Å². The lowest BCUT2D eigenvalue weighted by molar-refractivity contribution is -0.132. The van der Waals surface area contributed by atoms with Crippen molar-refractivity contribution < 1.29 is 9.59 Å². The molecule has 3 rings (SSSR count). The summed E-state index contributed by atoms with van der Waals surface area (Å²) in [6.07, 6.45) is 2.54. The summed E-state index contributed by atoms with van der Waals surface area (Å²) in [5, 5.41) is 0.689. The van der Waals surface area contributed by atoms with Gasteiger partial charge < -0.3 is 4.90 Å². The Hall–Kier alpha value is -1.72. The van der Waals surface area contributed by atoms with E-state index in [1.165, 1.54) is 0 Å². The van der Waals surface area contributed by atoms with E-state index in [1.807, 2.05) is 29.2 Å². The van der Waals surface area contributed by atoms with Gasteiger partial charge in [0.25, 0.3) is 0 Å². The third-order valence-electron chi connectivity index (χ3n) is 5.50. The highest BCUT2D eigenvalue weighted by atomic mass is 35.5. The number of aliphatic imine (C=N–C) groups is 1. The van der Waals surface area contributed by atoms with E-state index in [4.69, 9.17) is 16.6 Å². The van der Waals surface area contributed by atoms with Crippen molar-refractivity contribution in [1.29, 1.82) is 0 Å². The molecule has 6 heteroatoms. The van der Waals surface area contributed by atoms with Gasteiger partial charge in [-0.15, -0.1) is 0 Å². The Kier molecular flexibility index (Phi) is 6.89. The zero-order valence-electron chi connectivity index (χ0n) is 16.9. The second-order valence-corrected chi connectivity index (χ2v) is 9.14. The molecule has 0 spiro atoms. The molecule has 0 unspecified atom stereocenters. The molecule has 0 aromatic heterocycles. The molecule has 0 N–H and O–H groups in total. The van der Waals surface area contributed by atoms with Crippen LogP contribution in [0, 0.1) is 5.41 Å². The number of ketones is 1. The number of nitrogens with zero attached hydrogens (tertiary/aromatic N) is 3. The first-order valence-electron chi connectivity index (χ1n) is 10.1. The minimum atomic E-state index is 0.0459. The van der Waals surface area contributed by atoms with Gasteiger partial charge in [-0.25, -0.2) is 0 Å². The van der Waals surface area contributed by atoms with Gasteiger partial charge in [0.2, 0.25) is 5.91 Å². The van der Waals surface area contributed by atoms with Crippen molar-refractivity contribution in [2.45, 2.75) is 39.5 Å². The predicted octanol–water partition coefficient (Wildman–Crippen LogP) is 3.25. The number of amides is 1. The summed E-state index contributed by atoms with van der Waals surface area (Å²) in [7, 11) is 0. The third kappa shape index (κ3) is 6.14. The van der Waals surface area contributed by atoms with Crippen molar-refractivity contribution in [3.63, 3.8) is 0 Å². The molecule has 1 saturated carbocycles. The van der Waals surface area contributed by atoms with E-state index < -0.39 is 0 Å². The maximum Gasteiger partial charge on any atom is 0.227 e. The van der Waals surface area contributed by atoms with Gasteiger partial charge >= 0.3 is 0 Å². The highest BCUT2D eigenvalue weighted by Gasteiger charge is 2.30. The summed E-state index contributed by atoms with van der Waals surface area (Å²) in [5.74, 6) is 0.480. The first kappa shape index (κ1) is 21.0. The lowest BCUT2D eigenvalue weighted by atomic mass is 9.76. The molecule has 0 atom stereocenters. The highest BCUT2D eigenvalue weighted by molar-refractivity contribution is 6.30. The van der Waals surface area contributed by atoms with Crippen LogP contribution in [0.1, 0.15) is 38.7 Å². The first-order chi connectivity index (χ1) is 13.3. The van der Waals surface area contributed by atoms with Crippen LogP contribution < -0.4 is 0 Å². The summed E-state index contributed by atoms with van der Waals surface area (Å²) >= 11 is 5.90. The van der Waals surface area contributed by atoms with E-state index >= 15 is 0 Å². The number of carbonyl (C=O) groups excluding carboxylic acids is 2. The Labute approximate surface area is 172 Å². The van der Waals surface area contributed by atoms with Crippen LogP contribution in [-0.2, 0) is 16.0 Å². The number of hydrogen-bond acceptors (Lipinski definition) is 4. The van der Waals surface area contributed by atoms with E-state index in [0.717, 1.165) is 57.0 Å². The second kappa shape index (κ2) is 9.19. The van der Waals surface area contributed by atoms with E-state index in [9.17, 15) is 9.59 Å². The molecule has 28 heavy (non-hydrogen) atoms. The van der Waals surface area contributed by atoms with Crippen LogP contribution in [0.3, 0.4) is 0 Å². The largest absolute Gasteiger partial charge is 0.340 e. The van der Waals surface area contributed by atoms with Crippen molar-refractivity contribution in [3.8, 4) is 0 Å². The van der Waals surface area contributed by atoms with E-state index in [-0.39, 0.29) is 11.3 Å². The zero-order chi connectivity index (χ0) is 20.1. The van der Waals surface area contributed by atoms with Gasteiger partial charge in [-0.2, -0.15) is 0 Å². The summed E-state index contributed by atoms with van der Waals surface area (Å²) in [4.78, 5) is 33.4. The van der Waals surface area contributed by atoms with Gasteiger partial charge in [-0.1, -0.05) is 37.6 Å². The van der Waals surface area contributed by atoms with Gasteiger partial charge in [0, 0.05) is 56.3 Å². The molecule has 1 aromatic rings. The standard InChI is InChI=1S/C22H30ClN3O2/c1-22(2)15-19(14-20(27)16-22)24-7-8-25-9-11-26(12-10-25)21(28)13-17-3-5-18(23)6-4-17/h3-6H,7-16H2,1-2H3. The molecule has 2 fully saturated rings. The Morgan fingerprint density at radius 3 is 2.43 bits per heavy atom. The number of benzene rings is 1. The smallest absolute Gasteiger partial charge is 0.227 e. The Morgan fingerprint density at radius 2 is 1.79 bits per heavy atom. The summed E-state index contributed by atoms with van der Waals surface area (Å²) in [6.45, 7) is 9.17. The van der Waals surface area contributed by atoms with Crippen molar-refractivity contribution in [2.24, 2.45) is 10.4 Å². The molecule has 2 aliphatic rings. The lowest BCUT2D eigenvalue weighted by Gasteiger charge is -2.34. The Morgan fingerprint density at radius 1 is 1.11 bits per heavy atom. The molecule has 1 aromatic carbocycles. The van der Waals surface area contributed by atoms with Crippen LogP contribution >= 0.6 is 11.6 Å². The fraction of sp³-hybridized carbons (Fsp3) is 0.591. The van der Waals surface area contributed by atoms with Crippen LogP contribution in [0.4, 0.5) is 0 Å². The van der Waals surface area contributed by atoms with Gasteiger partial charge in [0.1, 0.15) is 5.78 Å². The molecule has 1 amide bonds. The second-order valence-electron chi connectivity index (χ2n) is 8.71. The number of carbonyl (C=O) groups is 2.